The Labute approximate surface area is 175 Å². The summed E-state index contributed by atoms with van der Waals surface area (Å²) in [5.74, 6) is 0.619. The fraction of sp³-hybridized carbons (Fsp3) is 0.571. The Hall–Kier alpha value is -2.81. The average Bonchev–Trinajstić information content (AvgIpc) is 2.96. The normalized spacial score (nSPS) is 20.7. The molecule has 1 saturated heterocycles. The van der Waals surface area contributed by atoms with Gasteiger partial charge in [-0.2, -0.15) is 5.01 Å². The minimum absolute atomic E-state index is 0.0951. The van der Waals surface area contributed by atoms with Gasteiger partial charge >= 0.3 is 6.03 Å². The van der Waals surface area contributed by atoms with Crippen LogP contribution in [0.5, 0.6) is 11.5 Å². The molecule has 1 aliphatic carbocycles. The number of urea groups is 1. The van der Waals surface area contributed by atoms with Crippen LogP contribution in [-0.4, -0.2) is 60.6 Å². The lowest BCUT2D eigenvalue weighted by atomic mass is 9.82. The quantitative estimate of drug-likeness (QED) is 0.703. The summed E-state index contributed by atoms with van der Waals surface area (Å²) in [6.07, 6.45) is 4.88. The lowest BCUT2D eigenvalue weighted by Gasteiger charge is -2.31. The lowest BCUT2D eigenvalue weighted by Crippen LogP contribution is -2.52. The fourth-order valence-corrected chi connectivity index (χ4v) is 4.66. The number of ether oxygens (including phenoxy) is 2. The van der Waals surface area contributed by atoms with Crippen LogP contribution in [0.2, 0.25) is 0 Å². The van der Waals surface area contributed by atoms with Crippen LogP contribution in [0.3, 0.4) is 0 Å². The Morgan fingerprint density at radius 3 is 2.43 bits per heavy atom. The highest BCUT2D eigenvalue weighted by molar-refractivity contribution is 6.08. The van der Waals surface area contributed by atoms with Crippen LogP contribution in [0.25, 0.3) is 0 Å². The zero-order valence-electron chi connectivity index (χ0n) is 17.5. The van der Waals surface area contributed by atoms with Crippen LogP contribution in [0, 0.1) is 0 Å². The average molecular weight is 416 g/mol. The number of amides is 4. The Balaban J connectivity index is 1.38. The summed E-state index contributed by atoms with van der Waals surface area (Å²) in [5, 5.41) is 3.66. The maximum atomic E-state index is 12.8. The van der Waals surface area contributed by atoms with E-state index in [1.807, 2.05) is 17.0 Å². The number of carbonyl (C=O) groups is 3. The summed E-state index contributed by atoms with van der Waals surface area (Å²) in [7, 11) is 3.20. The molecule has 1 saturated carbocycles. The third-order valence-electron chi connectivity index (χ3n) is 6.27. The third kappa shape index (κ3) is 3.69. The van der Waals surface area contributed by atoms with E-state index in [1.54, 1.807) is 14.2 Å². The molecule has 0 atom stereocenters. The molecule has 1 spiro atoms. The molecule has 9 nitrogen and oxygen atoms in total. The number of methoxy groups -OCH3 is 2. The summed E-state index contributed by atoms with van der Waals surface area (Å²) in [5.41, 5.74) is 3.90. The highest BCUT2D eigenvalue weighted by Gasteiger charge is 2.52. The molecular weight excluding hydrogens is 388 g/mol. The molecule has 9 heteroatoms. The van der Waals surface area contributed by atoms with Gasteiger partial charge < -0.3 is 14.8 Å². The van der Waals surface area contributed by atoms with Crippen molar-refractivity contribution in [3.8, 4) is 11.5 Å². The summed E-state index contributed by atoms with van der Waals surface area (Å²) in [6.45, 7) is 1.37. The largest absolute Gasteiger partial charge is 0.493 e. The second kappa shape index (κ2) is 8.14. The molecule has 0 radical (unpaired) electrons. The molecule has 4 rings (SSSR count). The summed E-state index contributed by atoms with van der Waals surface area (Å²) in [6, 6.07) is 3.36. The van der Waals surface area contributed by atoms with E-state index in [2.05, 4.69) is 10.7 Å². The van der Waals surface area contributed by atoms with Crippen molar-refractivity contribution >= 4 is 17.8 Å². The maximum absolute atomic E-state index is 12.8. The van der Waals surface area contributed by atoms with Crippen molar-refractivity contribution in [2.45, 2.75) is 50.6 Å². The number of hydrogen-bond donors (Lipinski definition) is 2. The molecule has 2 aliphatic heterocycles. The first-order valence-corrected chi connectivity index (χ1v) is 10.4. The molecular formula is C21H28N4O5. The van der Waals surface area contributed by atoms with Gasteiger partial charge in [0.2, 0.25) is 0 Å². The Bertz CT molecular complexity index is 865. The Morgan fingerprint density at radius 1 is 1.10 bits per heavy atom. The van der Waals surface area contributed by atoms with Crippen LogP contribution in [0.15, 0.2) is 12.1 Å². The van der Waals surface area contributed by atoms with E-state index >= 15 is 0 Å². The molecule has 0 unspecified atom stereocenters. The van der Waals surface area contributed by atoms with E-state index in [0.717, 1.165) is 41.8 Å². The zero-order valence-corrected chi connectivity index (χ0v) is 17.5. The van der Waals surface area contributed by atoms with Crippen LogP contribution in [0.1, 0.15) is 43.2 Å². The van der Waals surface area contributed by atoms with Crippen molar-refractivity contribution in [3.05, 3.63) is 23.3 Å². The van der Waals surface area contributed by atoms with Gasteiger partial charge in [0.1, 0.15) is 5.54 Å². The molecule has 2 N–H and O–H groups in total. The lowest BCUT2D eigenvalue weighted by molar-refractivity contribution is -0.140. The van der Waals surface area contributed by atoms with Gasteiger partial charge in [-0.25, -0.2) is 4.79 Å². The van der Waals surface area contributed by atoms with Gasteiger partial charge in [0.15, 0.2) is 11.5 Å². The van der Waals surface area contributed by atoms with Gasteiger partial charge in [-0.1, -0.05) is 19.3 Å². The van der Waals surface area contributed by atoms with Crippen LogP contribution >= 0.6 is 0 Å². The Kier molecular flexibility index (Phi) is 5.55. The number of rotatable bonds is 5. The molecule has 0 aromatic heterocycles. The summed E-state index contributed by atoms with van der Waals surface area (Å²) < 4.78 is 10.7. The maximum Gasteiger partial charge on any atom is 0.344 e. The van der Waals surface area contributed by atoms with Crippen molar-refractivity contribution in [3.63, 3.8) is 0 Å². The number of carbonyl (C=O) groups excluding carboxylic acids is 3. The van der Waals surface area contributed by atoms with E-state index in [4.69, 9.17) is 9.47 Å². The molecule has 4 amide bonds. The standard InChI is InChI=1S/C21H28N4O5/c1-29-16-10-14-6-9-24(12-15(14)11-17(16)30-2)13-18(26)23-25-19(27)21(22-20(25)28)7-4-3-5-8-21/h10-11H,3-9,12-13H2,1-2H3,(H,22,28)(H,23,26). The number of imide groups is 1. The molecule has 30 heavy (non-hydrogen) atoms. The highest BCUT2D eigenvalue weighted by Crippen LogP contribution is 2.34. The highest BCUT2D eigenvalue weighted by atomic mass is 16.5. The van der Waals surface area contributed by atoms with Gasteiger partial charge in [-0.15, -0.1) is 0 Å². The minimum Gasteiger partial charge on any atom is -0.493 e. The van der Waals surface area contributed by atoms with E-state index in [-0.39, 0.29) is 18.4 Å². The van der Waals surface area contributed by atoms with Crippen LogP contribution in [0.4, 0.5) is 4.79 Å². The van der Waals surface area contributed by atoms with Crippen LogP contribution in [-0.2, 0) is 22.6 Å². The minimum atomic E-state index is -0.845. The molecule has 3 aliphatic rings. The van der Waals surface area contributed by atoms with Crippen molar-refractivity contribution in [1.29, 1.82) is 0 Å². The summed E-state index contributed by atoms with van der Waals surface area (Å²) in [4.78, 5) is 39.7. The zero-order chi connectivity index (χ0) is 21.3. The van der Waals surface area contributed by atoms with Gasteiger partial charge in [0, 0.05) is 13.1 Å². The molecule has 162 valence electrons. The van der Waals surface area contributed by atoms with E-state index in [0.29, 0.717) is 37.4 Å². The smallest absolute Gasteiger partial charge is 0.344 e. The number of hydrazine groups is 1. The number of nitrogens with zero attached hydrogens (tertiary/aromatic N) is 2. The second-order valence-corrected chi connectivity index (χ2v) is 8.19. The fourth-order valence-electron chi connectivity index (χ4n) is 4.66. The first-order chi connectivity index (χ1) is 14.5. The molecule has 2 heterocycles. The van der Waals surface area contributed by atoms with Crippen molar-refractivity contribution in [2.75, 3.05) is 27.3 Å². The van der Waals surface area contributed by atoms with E-state index in [1.165, 1.54) is 0 Å². The number of benzene rings is 1. The van der Waals surface area contributed by atoms with Crippen LogP contribution < -0.4 is 20.2 Å². The number of nitrogens with one attached hydrogen (secondary N) is 2. The Morgan fingerprint density at radius 2 is 1.77 bits per heavy atom. The first-order valence-electron chi connectivity index (χ1n) is 10.4. The van der Waals surface area contributed by atoms with Gasteiger partial charge in [0.25, 0.3) is 11.8 Å². The molecule has 1 aromatic carbocycles. The monoisotopic (exact) mass is 416 g/mol. The number of hydrogen-bond acceptors (Lipinski definition) is 6. The van der Waals surface area contributed by atoms with E-state index in [9.17, 15) is 14.4 Å². The predicted octanol–water partition coefficient (Wildman–Crippen LogP) is 1.35. The second-order valence-electron chi connectivity index (χ2n) is 8.19. The van der Waals surface area contributed by atoms with E-state index < -0.39 is 11.6 Å². The molecule has 0 bridgehead atoms. The van der Waals surface area contributed by atoms with Gasteiger partial charge in [-0.3, -0.25) is 19.9 Å². The van der Waals surface area contributed by atoms with Crippen molar-refractivity contribution < 1.29 is 23.9 Å². The molecule has 1 aromatic rings. The number of fused-ring (bicyclic) bond motifs is 1. The predicted molar refractivity (Wildman–Crippen MR) is 108 cm³/mol. The third-order valence-corrected chi connectivity index (χ3v) is 6.27. The van der Waals surface area contributed by atoms with Crippen molar-refractivity contribution in [1.82, 2.24) is 20.7 Å². The first kappa shape index (κ1) is 20.5. The SMILES string of the molecule is COc1cc2c(cc1OC)CN(CC(=O)NN1C(=O)NC3(CCCCC3)C1=O)CC2. The van der Waals surface area contributed by atoms with Crippen molar-refractivity contribution in [2.24, 2.45) is 0 Å². The topological polar surface area (TPSA) is 100 Å². The summed E-state index contributed by atoms with van der Waals surface area (Å²) >= 11 is 0. The van der Waals surface area contributed by atoms with Gasteiger partial charge in [-0.05, 0) is 42.5 Å². The van der Waals surface area contributed by atoms with Gasteiger partial charge in [0.05, 0.1) is 20.8 Å². The molecule has 2 fully saturated rings.